The van der Waals surface area contributed by atoms with Crippen molar-refractivity contribution < 1.29 is 28.2 Å². The van der Waals surface area contributed by atoms with E-state index >= 15 is 0 Å². The van der Waals surface area contributed by atoms with Crippen LogP contribution >= 0.6 is 21.6 Å². The van der Waals surface area contributed by atoms with Gasteiger partial charge < -0.3 is 20.1 Å². The van der Waals surface area contributed by atoms with Crippen LogP contribution in [0, 0.1) is 0 Å². The lowest BCUT2D eigenvalue weighted by molar-refractivity contribution is -0.697. The summed E-state index contributed by atoms with van der Waals surface area (Å²) in [6.45, 7) is 11.0. The number of hydrogen-bond acceptors (Lipinski definition) is 6. The minimum atomic E-state index is 0.0820. The standard InChI is InChI=1S/C44H54N4O4S2/c1-35(2)51-41-17-13-37(14-18-41)9-11-39-21-29-47(30-22-39)27-5-7-43(49)45-25-33-53-54-34-26-46-44(50)8-6-28-48-31-23-40(24-32-48)12-10-38-15-19-42(20-16-38)52-36(3)4/h9-24,29-32,35-36H,5-8,25-28,33-34H2,1-4H3/p+2/b11-9+,12-10+. The molecule has 0 radical (unpaired) electrons. The summed E-state index contributed by atoms with van der Waals surface area (Å²) < 4.78 is 15.6. The van der Waals surface area contributed by atoms with Gasteiger partial charge >= 0.3 is 0 Å². The molecule has 0 unspecified atom stereocenters. The van der Waals surface area contributed by atoms with E-state index in [0.29, 0.717) is 25.9 Å². The molecule has 2 N–H and O–H groups in total. The van der Waals surface area contributed by atoms with Crippen molar-refractivity contribution in [2.24, 2.45) is 0 Å². The predicted octanol–water partition coefficient (Wildman–Crippen LogP) is 8.05. The van der Waals surface area contributed by atoms with Crippen LogP contribution in [0.2, 0.25) is 0 Å². The third-order valence-electron chi connectivity index (χ3n) is 8.01. The van der Waals surface area contributed by atoms with E-state index in [9.17, 15) is 9.59 Å². The summed E-state index contributed by atoms with van der Waals surface area (Å²) in [6.07, 6.45) is 19.5. The largest absolute Gasteiger partial charge is 0.491 e. The molecule has 0 saturated heterocycles. The lowest BCUT2D eigenvalue weighted by Crippen LogP contribution is -2.34. The van der Waals surface area contributed by atoms with Gasteiger partial charge in [0, 0.05) is 74.5 Å². The predicted molar refractivity (Wildman–Crippen MR) is 225 cm³/mol. The number of pyridine rings is 2. The highest BCUT2D eigenvalue weighted by Crippen LogP contribution is 2.19. The fourth-order valence-corrected chi connectivity index (χ4v) is 7.12. The summed E-state index contributed by atoms with van der Waals surface area (Å²) in [5.74, 6) is 3.58. The van der Waals surface area contributed by atoms with E-state index in [1.807, 2.05) is 52.0 Å². The smallest absolute Gasteiger partial charge is 0.220 e. The minimum absolute atomic E-state index is 0.0820. The molecule has 0 spiro atoms. The number of carbonyl (C=O) groups excluding carboxylic acids is 2. The highest BCUT2D eigenvalue weighted by molar-refractivity contribution is 8.76. The van der Waals surface area contributed by atoms with Crippen LogP contribution in [0.5, 0.6) is 11.5 Å². The van der Waals surface area contributed by atoms with Gasteiger partial charge in [-0.15, -0.1) is 0 Å². The second kappa shape index (κ2) is 24.0. The van der Waals surface area contributed by atoms with Crippen molar-refractivity contribution in [3.8, 4) is 11.5 Å². The molecule has 0 aliphatic carbocycles. The molecule has 2 aromatic carbocycles. The number of nitrogens with zero attached hydrogens (tertiary/aromatic N) is 2. The molecule has 0 aliphatic rings. The molecule has 10 heteroatoms. The van der Waals surface area contributed by atoms with Crippen LogP contribution in [0.1, 0.15) is 75.6 Å². The van der Waals surface area contributed by atoms with Gasteiger partial charge in [0.2, 0.25) is 11.8 Å². The Labute approximate surface area is 329 Å². The van der Waals surface area contributed by atoms with Crippen LogP contribution < -0.4 is 29.2 Å². The van der Waals surface area contributed by atoms with Gasteiger partial charge in [0.1, 0.15) is 24.6 Å². The van der Waals surface area contributed by atoms with Crippen molar-refractivity contribution in [3.63, 3.8) is 0 Å². The molecular weight excluding hydrogens is 713 g/mol. The number of hydrogen-bond donors (Lipinski definition) is 2. The molecule has 0 atom stereocenters. The maximum absolute atomic E-state index is 12.3. The van der Waals surface area contributed by atoms with Gasteiger partial charge in [0.25, 0.3) is 0 Å². The molecule has 0 saturated carbocycles. The number of aryl methyl sites for hydroxylation is 2. The molecule has 286 valence electrons. The van der Waals surface area contributed by atoms with Gasteiger partial charge in [0.05, 0.1) is 12.2 Å². The molecule has 0 fully saturated rings. The Kier molecular flexibility index (Phi) is 18.7. The first-order valence-electron chi connectivity index (χ1n) is 18.9. The molecule has 2 aromatic heterocycles. The monoisotopic (exact) mass is 768 g/mol. The topological polar surface area (TPSA) is 84.4 Å². The summed E-state index contributed by atoms with van der Waals surface area (Å²) in [7, 11) is 3.43. The fraction of sp³-hybridized carbons (Fsp3) is 0.364. The van der Waals surface area contributed by atoms with Crippen molar-refractivity contribution in [1.82, 2.24) is 10.6 Å². The molecule has 8 nitrogen and oxygen atoms in total. The van der Waals surface area contributed by atoms with Crippen LogP contribution in [-0.2, 0) is 22.7 Å². The first-order valence-corrected chi connectivity index (χ1v) is 21.4. The maximum atomic E-state index is 12.3. The Bertz CT molecular complexity index is 1610. The number of ether oxygens (including phenoxy) is 2. The zero-order valence-electron chi connectivity index (χ0n) is 32.1. The number of amides is 2. The Morgan fingerprint density at radius 3 is 1.22 bits per heavy atom. The Hall–Kier alpha value is -4.54. The maximum Gasteiger partial charge on any atom is 0.220 e. The lowest BCUT2D eigenvalue weighted by atomic mass is 10.1. The number of carbonyl (C=O) groups is 2. The molecule has 4 aromatic rings. The van der Waals surface area contributed by atoms with E-state index in [-0.39, 0.29) is 24.0 Å². The van der Waals surface area contributed by atoms with Crippen LogP contribution in [0.4, 0.5) is 0 Å². The highest BCUT2D eigenvalue weighted by atomic mass is 33.1. The molecule has 54 heavy (non-hydrogen) atoms. The van der Waals surface area contributed by atoms with Crippen LogP contribution in [0.15, 0.2) is 97.6 Å². The van der Waals surface area contributed by atoms with Gasteiger partial charge in [-0.3, -0.25) is 9.59 Å². The van der Waals surface area contributed by atoms with Crippen LogP contribution in [0.3, 0.4) is 0 Å². The van der Waals surface area contributed by atoms with E-state index in [2.05, 4.69) is 117 Å². The molecule has 2 heterocycles. The summed E-state index contributed by atoms with van der Waals surface area (Å²) >= 11 is 0. The van der Waals surface area contributed by atoms with Gasteiger partial charge in [0.15, 0.2) is 24.8 Å². The average Bonchev–Trinajstić information content (AvgIpc) is 3.16. The highest BCUT2D eigenvalue weighted by Gasteiger charge is 2.07. The third kappa shape index (κ3) is 17.5. The molecule has 4 rings (SSSR count). The lowest BCUT2D eigenvalue weighted by Gasteiger charge is -2.09. The minimum Gasteiger partial charge on any atom is -0.491 e. The average molecular weight is 769 g/mol. The normalized spacial score (nSPS) is 11.4. The van der Waals surface area contributed by atoms with Gasteiger partial charge in [-0.1, -0.05) is 70.2 Å². The Balaban J connectivity index is 0.965. The van der Waals surface area contributed by atoms with E-state index in [1.54, 1.807) is 21.6 Å². The first kappa shape index (κ1) is 42.2. The fourth-order valence-electron chi connectivity index (χ4n) is 5.31. The molecule has 0 bridgehead atoms. The Morgan fingerprint density at radius 1 is 0.556 bits per heavy atom. The van der Waals surface area contributed by atoms with Crippen LogP contribution in [0.25, 0.3) is 24.3 Å². The van der Waals surface area contributed by atoms with Gasteiger partial charge in [-0.05, 0) is 74.2 Å². The zero-order chi connectivity index (χ0) is 38.4. The van der Waals surface area contributed by atoms with E-state index in [1.165, 1.54) is 0 Å². The molecular formula is C44H56N4O4S2+2. The number of aromatic nitrogens is 2. The van der Waals surface area contributed by atoms with Crippen molar-refractivity contribution >= 4 is 57.7 Å². The van der Waals surface area contributed by atoms with Gasteiger partial charge in [-0.2, -0.15) is 0 Å². The Morgan fingerprint density at radius 2 is 0.889 bits per heavy atom. The summed E-state index contributed by atoms with van der Waals surface area (Å²) in [4.78, 5) is 24.6. The van der Waals surface area contributed by atoms with Crippen molar-refractivity contribution in [2.75, 3.05) is 24.6 Å². The number of nitrogens with one attached hydrogen (secondary N) is 2. The zero-order valence-corrected chi connectivity index (χ0v) is 33.7. The van der Waals surface area contributed by atoms with E-state index in [0.717, 1.165) is 71.2 Å². The van der Waals surface area contributed by atoms with E-state index < -0.39 is 0 Å². The number of benzene rings is 2. The van der Waals surface area contributed by atoms with Gasteiger partial charge in [-0.25, -0.2) is 9.13 Å². The summed E-state index contributed by atoms with van der Waals surface area (Å²) in [5, 5.41) is 6.03. The summed E-state index contributed by atoms with van der Waals surface area (Å²) in [6, 6.07) is 24.5. The van der Waals surface area contributed by atoms with Crippen molar-refractivity contribution in [2.45, 2.75) is 78.7 Å². The van der Waals surface area contributed by atoms with E-state index in [4.69, 9.17) is 9.47 Å². The first-order chi connectivity index (χ1) is 26.2. The SMILES string of the molecule is CC(C)Oc1ccc(/C=C/c2cc[n+](CCCC(=O)NCCSSCCNC(=O)CCC[n+]3ccc(/C=C/c4ccc(OC(C)C)cc4)cc3)cc2)cc1. The molecule has 2 amide bonds. The van der Waals surface area contributed by atoms with Crippen molar-refractivity contribution in [3.05, 3.63) is 120 Å². The molecule has 0 aliphatic heterocycles. The summed E-state index contributed by atoms with van der Waals surface area (Å²) in [5.41, 5.74) is 4.49. The van der Waals surface area contributed by atoms with Crippen molar-refractivity contribution in [1.29, 1.82) is 0 Å². The third-order valence-corrected chi connectivity index (χ3v) is 10.4. The number of rotatable bonds is 23. The second-order valence-corrected chi connectivity index (χ2v) is 16.1. The second-order valence-electron chi connectivity index (χ2n) is 13.4. The van der Waals surface area contributed by atoms with Crippen LogP contribution in [-0.4, -0.2) is 48.6 Å². The quantitative estimate of drug-likeness (QED) is 0.0452.